The fourth-order valence-electron chi connectivity index (χ4n) is 5.73. The van der Waals surface area contributed by atoms with Gasteiger partial charge in [-0.3, -0.25) is 4.79 Å². The Hall–Kier alpha value is -4.06. The summed E-state index contributed by atoms with van der Waals surface area (Å²) in [6, 6.07) is 15.9. The number of hydrogen-bond donors (Lipinski definition) is 2. The van der Waals surface area contributed by atoms with Crippen LogP contribution in [0.2, 0.25) is 18.1 Å². The van der Waals surface area contributed by atoms with Gasteiger partial charge in [0.2, 0.25) is 11.8 Å². The molecule has 48 heavy (non-hydrogen) atoms. The van der Waals surface area contributed by atoms with Crippen LogP contribution in [0.1, 0.15) is 32.8 Å². The van der Waals surface area contributed by atoms with Crippen LogP contribution >= 0.6 is 0 Å². The van der Waals surface area contributed by atoms with Crippen LogP contribution < -0.4 is 29.9 Å². The molecule has 1 unspecified atom stereocenters. The molecule has 2 aliphatic heterocycles. The molecule has 11 heteroatoms. The van der Waals surface area contributed by atoms with Crippen molar-refractivity contribution in [2.24, 2.45) is 0 Å². The Morgan fingerprint density at radius 2 is 1.75 bits per heavy atom. The third-order valence-electron chi connectivity index (χ3n) is 9.78. The molecular formula is C37H52N6O4Si. The Kier molecular flexibility index (Phi) is 10.7. The highest BCUT2D eigenvalue weighted by Crippen LogP contribution is 2.41. The number of aromatic nitrogens is 1. The van der Waals surface area contributed by atoms with Crippen molar-refractivity contribution < 1.29 is 18.7 Å². The zero-order chi connectivity index (χ0) is 34.6. The Morgan fingerprint density at radius 3 is 2.44 bits per heavy atom. The van der Waals surface area contributed by atoms with Gasteiger partial charge in [0.25, 0.3) is 0 Å². The number of likely N-dealkylation sites (N-methyl/N-ethyl adjacent to an activating group) is 1. The number of aryl methyl sites for hydroxylation is 1. The molecular weight excluding hydrogens is 621 g/mol. The number of benzene rings is 2. The van der Waals surface area contributed by atoms with E-state index in [0.717, 1.165) is 74.1 Å². The maximum Gasteiger partial charge on any atom is 0.247 e. The van der Waals surface area contributed by atoms with Crippen LogP contribution in [0.3, 0.4) is 0 Å². The van der Waals surface area contributed by atoms with E-state index in [1.165, 1.54) is 6.08 Å². The second kappa shape index (κ2) is 14.6. The summed E-state index contributed by atoms with van der Waals surface area (Å²) in [6.07, 6.45) is 2.33. The van der Waals surface area contributed by atoms with Crippen LogP contribution in [0.5, 0.6) is 17.4 Å². The number of rotatable bonds is 11. The average Bonchev–Trinajstić information content (AvgIpc) is 3.50. The first-order valence-corrected chi connectivity index (χ1v) is 19.7. The summed E-state index contributed by atoms with van der Waals surface area (Å²) < 4.78 is 19.1. The molecule has 1 amide bonds. The van der Waals surface area contributed by atoms with Gasteiger partial charge in [0.15, 0.2) is 8.32 Å². The summed E-state index contributed by atoms with van der Waals surface area (Å²) in [5.41, 5.74) is 4.41. The van der Waals surface area contributed by atoms with E-state index in [0.29, 0.717) is 23.1 Å². The summed E-state index contributed by atoms with van der Waals surface area (Å²) in [5.74, 6) is 2.11. The van der Waals surface area contributed by atoms with E-state index in [2.05, 4.69) is 91.0 Å². The van der Waals surface area contributed by atoms with Crippen molar-refractivity contribution in [1.82, 2.24) is 9.88 Å². The van der Waals surface area contributed by atoms with Crippen molar-refractivity contribution in [2.45, 2.75) is 58.4 Å². The van der Waals surface area contributed by atoms with E-state index < -0.39 is 8.32 Å². The van der Waals surface area contributed by atoms with Gasteiger partial charge < -0.3 is 39.2 Å². The normalized spacial score (nSPS) is 17.3. The van der Waals surface area contributed by atoms with Crippen molar-refractivity contribution in [3.8, 4) is 17.4 Å². The maximum absolute atomic E-state index is 12.1. The van der Waals surface area contributed by atoms with Gasteiger partial charge in [0.1, 0.15) is 23.0 Å². The highest BCUT2D eigenvalue weighted by Gasteiger charge is 2.41. The number of pyridine rings is 1. The van der Waals surface area contributed by atoms with Gasteiger partial charge in [-0.2, -0.15) is 4.98 Å². The number of nitrogens with zero attached hydrogens (tertiary/aromatic N) is 4. The van der Waals surface area contributed by atoms with E-state index in [4.69, 9.17) is 18.9 Å². The van der Waals surface area contributed by atoms with E-state index in [-0.39, 0.29) is 17.0 Å². The van der Waals surface area contributed by atoms with Crippen molar-refractivity contribution in [3.05, 3.63) is 66.7 Å². The van der Waals surface area contributed by atoms with Crippen molar-refractivity contribution in [2.75, 3.05) is 73.9 Å². The summed E-state index contributed by atoms with van der Waals surface area (Å²) in [7, 11) is 1.92. The first-order chi connectivity index (χ1) is 22.8. The average molecular weight is 673 g/mol. The lowest BCUT2D eigenvalue weighted by molar-refractivity contribution is -0.111. The second-order valence-electron chi connectivity index (χ2n) is 14.3. The number of ether oxygens (including phenoxy) is 2. The molecule has 0 radical (unpaired) electrons. The predicted molar refractivity (Wildman–Crippen MR) is 199 cm³/mol. The minimum absolute atomic E-state index is 0.136. The monoisotopic (exact) mass is 672 g/mol. The smallest absolute Gasteiger partial charge is 0.247 e. The number of methoxy groups -OCH3 is 1. The minimum Gasteiger partial charge on any atom is -0.494 e. The molecule has 0 saturated carbocycles. The van der Waals surface area contributed by atoms with Gasteiger partial charge in [-0.1, -0.05) is 33.4 Å². The van der Waals surface area contributed by atoms with Gasteiger partial charge in [0.05, 0.1) is 18.9 Å². The third-order valence-corrected chi connectivity index (χ3v) is 14.3. The molecule has 0 aliphatic carbocycles. The molecule has 1 aromatic heterocycles. The summed E-state index contributed by atoms with van der Waals surface area (Å²) >= 11 is 0. The summed E-state index contributed by atoms with van der Waals surface area (Å²) in [4.78, 5) is 24.1. The maximum atomic E-state index is 12.1. The molecule has 258 valence electrons. The van der Waals surface area contributed by atoms with E-state index in [1.54, 1.807) is 7.11 Å². The van der Waals surface area contributed by atoms with Crippen LogP contribution in [0.15, 0.2) is 61.2 Å². The van der Waals surface area contributed by atoms with Gasteiger partial charge in [0, 0.05) is 62.8 Å². The van der Waals surface area contributed by atoms with Crippen molar-refractivity contribution in [3.63, 3.8) is 0 Å². The lowest BCUT2D eigenvalue weighted by atomic mass is 10.2. The standard InChI is InChI=1S/C37H52N6O4Si/c1-10-35(44)39-31-24-28(13-11-26(31)2)46-36-32(43-18-17-29(25-43)47-48(8,9)37(3,4)5)15-16-34(40-36)38-30-14-12-27(23-33(30)45-7)42-21-19-41(6)20-22-42/h10-16,23-24,29H,1,17-22,25H2,2-9H3,(H,38,40)(H,39,44). The molecule has 0 bridgehead atoms. The Labute approximate surface area is 287 Å². The minimum atomic E-state index is -1.93. The Balaban J connectivity index is 1.43. The first kappa shape index (κ1) is 35.2. The number of nitrogens with one attached hydrogen (secondary N) is 2. The van der Waals surface area contributed by atoms with Crippen LogP contribution in [0.4, 0.5) is 28.6 Å². The molecule has 10 nitrogen and oxygen atoms in total. The molecule has 3 aromatic rings. The zero-order valence-electron chi connectivity index (χ0n) is 29.9. The number of carbonyl (C=O) groups is 1. The molecule has 2 fully saturated rings. The van der Waals surface area contributed by atoms with Crippen LogP contribution in [0, 0.1) is 6.92 Å². The van der Waals surface area contributed by atoms with Gasteiger partial charge in [-0.05, 0) is 80.5 Å². The molecule has 2 saturated heterocycles. The number of anilines is 5. The molecule has 2 N–H and O–H groups in total. The fraction of sp³-hybridized carbons (Fsp3) is 0.459. The number of carbonyl (C=O) groups excluding carboxylic acids is 1. The van der Waals surface area contributed by atoms with E-state index >= 15 is 0 Å². The highest BCUT2D eigenvalue weighted by molar-refractivity contribution is 6.74. The van der Waals surface area contributed by atoms with E-state index in [1.807, 2.05) is 37.3 Å². The topological polar surface area (TPSA) is 91.4 Å². The van der Waals surface area contributed by atoms with Crippen LogP contribution in [0.25, 0.3) is 0 Å². The molecule has 3 heterocycles. The first-order valence-electron chi connectivity index (χ1n) is 16.8. The molecule has 0 spiro atoms. The molecule has 2 aromatic carbocycles. The van der Waals surface area contributed by atoms with Gasteiger partial charge in [-0.25, -0.2) is 0 Å². The highest BCUT2D eigenvalue weighted by atomic mass is 28.4. The SMILES string of the molecule is C=CC(=O)Nc1cc(Oc2nc(Nc3ccc(N4CCN(C)CC4)cc3OC)ccc2N2CCC(O[Si](C)(C)C(C)(C)C)C2)ccc1C. The molecule has 2 aliphatic rings. The fourth-order valence-corrected chi connectivity index (χ4v) is 7.11. The largest absolute Gasteiger partial charge is 0.494 e. The predicted octanol–water partition coefficient (Wildman–Crippen LogP) is 7.41. The molecule has 5 rings (SSSR count). The Morgan fingerprint density at radius 1 is 1.00 bits per heavy atom. The van der Waals surface area contributed by atoms with Crippen molar-refractivity contribution >= 4 is 42.8 Å². The number of hydrogen-bond acceptors (Lipinski definition) is 9. The van der Waals surface area contributed by atoms with Crippen LogP contribution in [-0.4, -0.2) is 83.6 Å². The number of piperazine rings is 1. The summed E-state index contributed by atoms with van der Waals surface area (Å²) in [6.45, 7) is 22.6. The lowest BCUT2D eigenvalue weighted by Gasteiger charge is -2.38. The zero-order valence-corrected chi connectivity index (χ0v) is 30.9. The molecule has 1 atom stereocenters. The Bertz CT molecular complexity index is 1620. The van der Waals surface area contributed by atoms with E-state index in [9.17, 15) is 4.79 Å². The van der Waals surface area contributed by atoms with Gasteiger partial charge in [-0.15, -0.1) is 0 Å². The van der Waals surface area contributed by atoms with Crippen molar-refractivity contribution in [1.29, 1.82) is 0 Å². The quantitative estimate of drug-likeness (QED) is 0.160. The second-order valence-corrected chi connectivity index (χ2v) is 19.1. The van der Waals surface area contributed by atoms with Gasteiger partial charge >= 0.3 is 0 Å². The number of amides is 1. The summed E-state index contributed by atoms with van der Waals surface area (Å²) in [5, 5.41) is 6.47. The third kappa shape index (κ3) is 8.31. The lowest BCUT2D eigenvalue weighted by Crippen LogP contribution is -2.44. The van der Waals surface area contributed by atoms with Crippen LogP contribution in [-0.2, 0) is 9.22 Å².